The third kappa shape index (κ3) is 3.61. The molecule has 0 aliphatic carbocycles. The van der Waals surface area contributed by atoms with Crippen LogP contribution in [0.25, 0.3) is 0 Å². The molecule has 0 radical (unpaired) electrons. The van der Waals surface area contributed by atoms with Gasteiger partial charge in [-0.1, -0.05) is 41.9 Å². The van der Waals surface area contributed by atoms with Crippen molar-refractivity contribution < 1.29 is 14.7 Å². The first-order chi connectivity index (χ1) is 9.99. The van der Waals surface area contributed by atoms with Crippen LogP contribution in [0.3, 0.4) is 0 Å². The fourth-order valence-corrected chi connectivity index (χ4v) is 2.05. The normalized spacial score (nSPS) is 11.7. The summed E-state index contributed by atoms with van der Waals surface area (Å²) in [6.45, 7) is 1.78. The van der Waals surface area contributed by atoms with Gasteiger partial charge in [0, 0.05) is 10.6 Å². The van der Waals surface area contributed by atoms with Crippen molar-refractivity contribution in [2.24, 2.45) is 0 Å². The van der Waals surface area contributed by atoms with Gasteiger partial charge >= 0.3 is 5.97 Å². The summed E-state index contributed by atoms with van der Waals surface area (Å²) >= 11 is 5.91. The lowest BCUT2D eigenvalue weighted by Crippen LogP contribution is -2.33. The molecule has 2 rings (SSSR count). The minimum absolute atomic E-state index is 0.374. The number of aryl methyl sites for hydroxylation is 1. The van der Waals surface area contributed by atoms with Gasteiger partial charge in [0.2, 0.25) is 0 Å². The molecule has 0 aliphatic rings. The molecule has 21 heavy (non-hydrogen) atoms. The van der Waals surface area contributed by atoms with E-state index in [2.05, 4.69) is 5.32 Å². The molecule has 5 heteroatoms. The SMILES string of the molecule is Cc1cc(C(=O)N[C@H](C(=O)O)c2ccccc2)ccc1Cl. The van der Waals surface area contributed by atoms with Crippen LogP contribution in [-0.2, 0) is 4.79 Å². The molecule has 0 heterocycles. The Hall–Kier alpha value is -2.33. The molecule has 0 aliphatic heterocycles. The molecule has 4 nitrogen and oxygen atoms in total. The largest absolute Gasteiger partial charge is 0.479 e. The van der Waals surface area contributed by atoms with Gasteiger partial charge in [-0.05, 0) is 36.2 Å². The number of carbonyl (C=O) groups excluding carboxylic acids is 1. The molecule has 1 amide bonds. The summed E-state index contributed by atoms with van der Waals surface area (Å²) in [6.07, 6.45) is 0. The average molecular weight is 304 g/mol. The minimum Gasteiger partial charge on any atom is -0.479 e. The van der Waals surface area contributed by atoms with E-state index in [0.29, 0.717) is 16.1 Å². The van der Waals surface area contributed by atoms with Gasteiger partial charge in [0.05, 0.1) is 0 Å². The quantitative estimate of drug-likeness (QED) is 0.911. The van der Waals surface area contributed by atoms with E-state index in [1.54, 1.807) is 55.5 Å². The summed E-state index contributed by atoms with van der Waals surface area (Å²) in [6, 6.07) is 12.3. The van der Waals surface area contributed by atoms with Crippen molar-refractivity contribution in [1.29, 1.82) is 0 Å². The predicted octanol–water partition coefficient (Wildman–Crippen LogP) is 3.20. The number of carbonyl (C=O) groups is 2. The highest BCUT2D eigenvalue weighted by molar-refractivity contribution is 6.31. The molecule has 2 aromatic carbocycles. The smallest absolute Gasteiger partial charge is 0.330 e. The van der Waals surface area contributed by atoms with Crippen molar-refractivity contribution in [1.82, 2.24) is 5.32 Å². The number of aliphatic carboxylic acids is 1. The van der Waals surface area contributed by atoms with E-state index in [9.17, 15) is 14.7 Å². The van der Waals surface area contributed by atoms with E-state index in [4.69, 9.17) is 11.6 Å². The lowest BCUT2D eigenvalue weighted by molar-refractivity contribution is -0.139. The summed E-state index contributed by atoms with van der Waals surface area (Å²) in [4.78, 5) is 23.5. The highest BCUT2D eigenvalue weighted by Gasteiger charge is 2.22. The lowest BCUT2D eigenvalue weighted by Gasteiger charge is -2.15. The average Bonchev–Trinajstić information content (AvgIpc) is 2.48. The highest BCUT2D eigenvalue weighted by Crippen LogP contribution is 2.18. The van der Waals surface area contributed by atoms with Crippen molar-refractivity contribution in [2.45, 2.75) is 13.0 Å². The van der Waals surface area contributed by atoms with Crippen molar-refractivity contribution in [3.63, 3.8) is 0 Å². The summed E-state index contributed by atoms with van der Waals surface area (Å²) in [5, 5.41) is 12.4. The van der Waals surface area contributed by atoms with E-state index in [1.807, 2.05) is 0 Å². The number of hydrogen-bond donors (Lipinski definition) is 2. The number of carboxylic acid groups (broad SMARTS) is 1. The Bertz CT molecular complexity index is 670. The number of halogens is 1. The van der Waals surface area contributed by atoms with Gasteiger partial charge in [-0.25, -0.2) is 4.79 Å². The van der Waals surface area contributed by atoms with E-state index < -0.39 is 17.9 Å². The first-order valence-corrected chi connectivity index (χ1v) is 6.71. The van der Waals surface area contributed by atoms with Gasteiger partial charge < -0.3 is 10.4 Å². The molecular formula is C16H14ClNO3. The van der Waals surface area contributed by atoms with Crippen LogP contribution in [0.2, 0.25) is 5.02 Å². The van der Waals surface area contributed by atoms with E-state index in [1.165, 1.54) is 0 Å². The molecule has 0 bridgehead atoms. The molecule has 2 aromatic rings. The Morgan fingerprint density at radius 2 is 1.81 bits per heavy atom. The van der Waals surface area contributed by atoms with Crippen molar-refractivity contribution in [3.05, 3.63) is 70.2 Å². The second kappa shape index (κ2) is 6.41. The maximum atomic E-state index is 12.2. The standard InChI is InChI=1S/C16H14ClNO3/c1-10-9-12(7-8-13(10)17)15(19)18-14(16(20)21)11-5-3-2-4-6-11/h2-9,14H,1H3,(H,18,19)(H,20,21)/t14-/m0/s1. The Labute approximate surface area is 127 Å². The Balaban J connectivity index is 2.23. The minimum atomic E-state index is -1.11. The highest BCUT2D eigenvalue weighted by atomic mass is 35.5. The van der Waals surface area contributed by atoms with E-state index >= 15 is 0 Å². The zero-order chi connectivity index (χ0) is 15.4. The van der Waals surface area contributed by atoms with Crippen LogP contribution < -0.4 is 5.32 Å². The molecule has 0 saturated carbocycles. The number of amides is 1. The van der Waals surface area contributed by atoms with Gasteiger partial charge in [-0.15, -0.1) is 0 Å². The van der Waals surface area contributed by atoms with Gasteiger partial charge in [0.15, 0.2) is 6.04 Å². The molecule has 0 fully saturated rings. The van der Waals surface area contributed by atoms with Crippen molar-refractivity contribution in [2.75, 3.05) is 0 Å². The van der Waals surface area contributed by atoms with Gasteiger partial charge in [0.1, 0.15) is 0 Å². The Kier molecular flexibility index (Phi) is 4.60. The van der Waals surface area contributed by atoms with E-state index in [-0.39, 0.29) is 0 Å². The second-order valence-corrected chi connectivity index (χ2v) is 5.03. The molecule has 1 atom stereocenters. The fourth-order valence-electron chi connectivity index (χ4n) is 1.93. The van der Waals surface area contributed by atoms with Crippen LogP contribution in [0.1, 0.15) is 27.5 Å². The number of nitrogens with one attached hydrogen (secondary N) is 1. The third-order valence-corrected chi connectivity index (χ3v) is 3.50. The van der Waals surface area contributed by atoms with Crippen LogP contribution in [0.4, 0.5) is 0 Å². The van der Waals surface area contributed by atoms with Crippen molar-refractivity contribution in [3.8, 4) is 0 Å². The summed E-state index contributed by atoms with van der Waals surface area (Å²) < 4.78 is 0. The van der Waals surface area contributed by atoms with Crippen LogP contribution in [0.15, 0.2) is 48.5 Å². The monoisotopic (exact) mass is 303 g/mol. The predicted molar refractivity (Wildman–Crippen MR) is 80.5 cm³/mol. The molecule has 0 unspecified atom stereocenters. The van der Waals surface area contributed by atoms with Crippen molar-refractivity contribution >= 4 is 23.5 Å². The van der Waals surface area contributed by atoms with Crippen LogP contribution >= 0.6 is 11.6 Å². The van der Waals surface area contributed by atoms with Gasteiger partial charge in [0.25, 0.3) is 5.91 Å². The molecule has 0 spiro atoms. The fraction of sp³-hybridized carbons (Fsp3) is 0.125. The second-order valence-electron chi connectivity index (χ2n) is 4.62. The first-order valence-electron chi connectivity index (χ1n) is 6.34. The maximum Gasteiger partial charge on any atom is 0.330 e. The Morgan fingerprint density at radius 3 is 2.38 bits per heavy atom. The van der Waals surface area contributed by atoms with Crippen LogP contribution in [-0.4, -0.2) is 17.0 Å². The first kappa shape index (κ1) is 15.1. The number of benzene rings is 2. The third-order valence-electron chi connectivity index (χ3n) is 3.08. The molecule has 2 N–H and O–H groups in total. The van der Waals surface area contributed by atoms with Gasteiger partial charge in [-0.2, -0.15) is 0 Å². The lowest BCUT2D eigenvalue weighted by atomic mass is 10.1. The molecule has 0 aromatic heterocycles. The maximum absolute atomic E-state index is 12.2. The Morgan fingerprint density at radius 1 is 1.14 bits per heavy atom. The topological polar surface area (TPSA) is 66.4 Å². The van der Waals surface area contributed by atoms with Gasteiger partial charge in [-0.3, -0.25) is 4.79 Å². The van der Waals surface area contributed by atoms with Crippen LogP contribution in [0.5, 0.6) is 0 Å². The summed E-state index contributed by atoms with van der Waals surface area (Å²) in [5.41, 5.74) is 1.65. The number of hydrogen-bond acceptors (Lipinski definition) is 2. The zero-order valence-electron chi connectivity index (χ0n) is 11.3. The molecular weight excluding hydrogens is 290 g/mol. The molecule has 0 saturated heterocycles. The number of carboxylic acids is 1. The molecule has 108 valence electrons. The van der Waals surface area contributed by atoms with Crippen LogP contribution in [0, 0.1) is 6.92 Å². The summed E-state index contributed by atoms with van der Waals surface area (Å²) in [7, 11) is 0. The summed E-state index contributed by atoms with van der Waals surface area (Å²) in [5.74, 6) is -1.56. The number of rotatable bonds is 4. The zero-order valence-corrected chi connectivity index (χ0v) is 12.1. The van der Waals surface area contributed by atoms with E-state index in [0.717, 1.165) is 5.56 Å².